The van der Waals surface area contributed by atoms with Crippen molar-refractivity contribution in [3.63, 3.8) is 0 Å². The highest BCUT2D eigenvalue weighted by atomic mass is 16.5. The molecule has 3 heteroatoms. The minimum Gasteiger partial charge on any atom is -0.537 e. The van der Waals surface area contributed by atoms with Crippen LogP contribution >= 0.6 is 0 Å². The van der Waals surface area contributed by atoms with E-state index in [9.17, 15) is 0 Å². The molecule has 0 aliphatic carbocycles. The summed E-state index contributed by atoms with van der Waals surface area (Å²) >= 11 is 0. The Kier molecular flexibility index (Phi) is 2.19. The molecule has 0 heterocycles. The maximum absolute atomic E-state index is 8.53. The molecule has 2 aromatic carbocycles. The van der Waals surface area contributed by atoms with Crippen molar-refractivity contribution in [2.75, 3.05) is 0 Å². The van der Waals surface area contributed by atoms with Crippen molar-refractivity contribution in [2.24, 2.45) is 0 Å². The van der Waals surface area contributed by atoms with Gasteiger partial charge in [0.05, 0.1) is 0 Å². The average molecular weight is 171 g/mol. The summed E-state index contributed by atoms with van der Waals surface area (Å²) in [6.07, 6.45) is 0. The standard InChI is InChI=1S/C10H8BO2/c12-11-13-10-7-3-5-8-4-1-2-6-9(8)10/h1-7,12H. The number of rotatable bonds is 2. The van der Waals surface area contributed by atoms with Crippen LogP contribution in [-0.2, 0) is 0 Å². The molecular weight excluding hydrogens is 163 g/mol. The molecule has 63 valence electrons. The molecular formula is C10H8BO2. The first-order chi connectivity index (χ1) is 6.42. The summed E-state index contributed by atoms with van der Waals surface area (Å²) in [7, 11) is 0.696. The van der Waals surface area contributed by atoms with Crippen LogP contribution in [0.2, 0.25) is 0 Å². The number of benzene rings is 2. The molecule has 0 saturated heterocycles. The first kappa shape index (κ1) is 8.14. The van der Waals surface area contributed by atoms with Crippen LogP contribution in [0.3, 0.4) is 0 Å². The largest absolute Gasteiger partial charge is 0.569 e. The van der Waals surface area contributed by atoms with Gasteiger partial charge < -0.3 is 9.68 Å². The molecule has 2 rings (SSSR count). The van der Waals surface area contributed by atoms with Gasteiger partial charge in [0.25, 0.3) is 0 Å². The quantitative estimate of drug-likeness (QED) is 0.697. The van der Waals surface area contributed by atoms with Crippen molar-refractivity contribution < 1.29 is 9.68 Å². The highest BCUT2D eigenvalue weighted by molar-refractivity contribution is 6.18. The molecule has 0 saturated carbocycles. The van der Waals surface area contributed by atoms with E-state index in [4.69, 9.17) is 9.68 Å². The molecule has 0 aliphatic rings. The van der Waals surface area contributed by atoms with Gasteiger partial charge in [0, 0.05) is 5.39 Å². The first-order valence-electron chi connectivity index (χ1n) is 4.02. The van der Waals surface area contributed by atoms with Gasteiger partial charge in [0.15, 0.2) is 0 Å². The van der Waals surface area contributed by atoms with E-state index in [0.29, 0.717) is 13.4 Å². The summed E-state index contributed by atoms with van der Waals surface area (Å²) in [6.45, 7) is 0. The van der Waals surface area contributed by atoms with E-state index in [-0.39, 0.29) is 0 Å². The van der Waals surface area contributed by atoms with Gasteiger partial charge in [-0.3, -0.25) is 0 Å². The van der Waals surface area contributed by atoms with E-state index in [0.717, 1.165) is 10.8 Å². The topological polar surface area (TPSA) is 29.5 Å². The summed E-state index contributed by atoms with van der Waals surface area (Å²) in [4.78, 5) is 0. The average Bonchev–Trinajstić information content (AvgIpc) is 2.19. The van der Waals surface area contributed by atoms with Gasteiger partial charge in [0.1, 0.15) is 5.75 Å². The molecule has 2 nitrogen and oxygen atoms in total. The van der Waals surface area contributed by atoms with Crippen molar-refractivity contribution in [1.29, 1.82) is 0 Å². The van der Waals surface area contributed by atoms with Crippen molar-refractivity contribution in [1.82, 2.24) is 0 Å². The number of fused-ring (bicyclic) bond motifs is 1. The van der Waals surface area contributed by atoms with Gasteiger partial charge in [-0.25, -0.2) is 0 Å². The monoisotopic (exact) mass is 171 g/mol. The maximum atomic E-state index is 8.53. The van der Waals surface area contributed by atoms with E-state index in [1.54, 1.807) is 0 Å². The Bertz CT molecular complexity index is 409. The zero-order valence-electron chi connectivity index (χ0n) is 6.97. The SMILES string of the molecule is O[B]Oc1cccc2ccccc12. The predicted molar refractivity (Wildman–Crippen MR) is 52.5 cm³/mol. The van der Waals surface area contributed by atoms with E-state index in [1.807, 2.05) is 42.5 Å². The molecule has 0 fully saturated rings. The summed E-state index contributed by atoms with van der Waals surface area (Å²) in [5.41, 5.74) is 0. The molecule has 0 aliphatic heterocycles. The minimum absolute atomic E-state index is 0.667. The Balaban J connectivity index is 2.61. The smallest absolute Gasteiger partial charge is 0.537 e. The van der Waals surface area contributed by atoms with Gasteiger partial charge in [-0.05, 0) is 11.5 Å². The molecule has 2 aromatic rings. The molecule has 1 N–H and O–H groups in total. The van der Waals surface area contributed by atoms with Crippen molar-refractivity contribution >= 4 is 18.5 Å². The fourth-order valence-corrected chi connectivity index (χ4v) is 1.36. The van der Waals surface area contributed by atoms with E-state index >= 15 is 0 Å². The molecule has 0 aromatic heterocycles. The molecule has 13 heavy (non-hydrogen) atoms. The summed E-state index contributed by atoms with van der Waals surface area (Å²) in [5, 5.41) is 10.6. The van der Waals surface area contributed by atoms with Crippen LogP contribution in [0.25, 0.3) is 10.8 Å². The fourth-order valence-electron chi connectivity index (χ4n) is 1.36. The zero-order valence-corrected chi connectivity index (χ0v) is 6.97. The normalized spacial score (nSPS) is 9.92. The highest BCUT2D eigenvalue weighted by Crippen LogP contribution is 2.24. The molecule has 0 unspecified atom stereocenters. The van der Waals surface area contributed by atoms with Crippen molar-refractivity contribution in [3.8, 4) is 5.75 Å². The highest BCUT2D eigenvalue weighted by Gasteiger charge is 1.99. The molecule has 0 amide bonds. The van der Waals surface area contributed by atoms with Crippen LogP contribution < -0.4 is 4.65 Å². The predicted octanol–water partition coefficient (Wildman–Crippen LogP) is 1.75. The molecule has 0 atom stereocenters. The summed E-state index contributed by atoms with van der Waals surface area (Å²) in [6, 6.07) is 13.6. The first-order valence-corrected chi connectivity index (χ1v) is 4.02. The third-order valence-electron chi connectivity index (χ3n) is 1.93. The Morgan fingerprint density at radius 3 is 2.62 bits per heavy atom. The summed E-state index contributed by atoms with van der Waals surface area (Å²) < 4.78 is 4.95. The second-order valence-corrected chi connectivity index (χ2v) is 2.70. The molecule has 1 radical (unpaired) electrons. The second kappa shape index (κ2) is 3.50. The van der Waals surface area contributed by atoms with Crippen LogP contribution in [0.15, 0.2) is 42.5 Å². The lowest BCUT2D eigenvalue weighted by atomic mass is 10.1. The third-order valence-corrected chi connectivity index (χ3v) is 1.93. The molecule has 0 bridgehead atoms. The van der Waals surface area contributed by atoms with Gasteiger partial charge in [-0.1, -0.05) is 36.4 Å². The Morgan fingerprint density at radius 2 is 1.77 bits per heavy atom. The summed E-state index contributed by atoms with van der Waals surface area (Å²) in [5.74, 6) is 0.667. The molecule has 0 spiro atoms. The lowest BCUT2D eigenvalue weighted by molar-refractivity contribution is 0.457. The van der Waals surface area contributed by atoms with Crippen LogP contribution in [0.1, 0.15) is 0 Å². The van der Waals surface area contributed by atoms with E-state index in [1.165, 1.54) is 0 Å². The number of hydrogen-bond acceptors (Lipinski definition) is 2. The third kappa shape index (κ3) is 1.51. The van der Waals surface area contributed by atoms with Crippen LogP contribution in [-0.4, -0.2) is 12.7 Å². The van der Waals surface area contributed by atoms with Crippen LogP contribution in [0, 0.1) is 0 Å². The zero-order chi connectivity index (χ0) is 9.10. The fraction of sp³-hybridized carbons (Fsp3) is 0. The number of hydrogen-bond donors (Lipinski definition) is 1. The maximum Gasteiger partial charge on any atom is 0.569 e. The Labute approximate surface area is 77.1 Å². The van der Waals surface area contributed by atoms with Gasteiger partial charge >= 0.3 is 7.69 Å². The lowest BCUT2D eigenvalue weighted by Crippen LogP contribution is -1.99. The van der Waals surface area contributed by atoms with Crippen molar-refractivity contribution in [2.45, 2.75) is 0 Å². The van der Waals surface area contributed by atoms with E-state index in [2.05, 4.69) is 0 Å². The van der Waals surface area contributed by atoms with Crippen LogP contribution in [0.4, 0.5) is 0 Å². The Morgan fingerprint density at radius 1 is 1.00 bits per heavy atom. The van der Waals surface area contributed by atoms with Gasteiger partial charge in [0.2, 0.25) is 0 Å². The van der Waals surface area contributed by atoms with Crippen molar-refractivity contribution in [3.05, 3.63) is 42.5 Å². The second-order valence-electron chi connectivity index (χ2n) is 2.70. The van der Waals surface area contributed by atoms with Crippen LogP contribution in [0.5, 0.6) is 5.75 Å². The lowest BCUT2D eigenvalue weighted by Gasteiger charge is -2.05. The minimum atomic E-state index is 0.667. The van der Waals surface area contributed by atoms with E-state index < -0.39 is 0 Å². The van der Waals surface area contributed by atoms with Gasteiger partial charge in [-0.2, -0.15) is 0 Å². The Hall–Kier alpha value is -1.48. The van der Waals surface area contributed by atoms with Gasteiger partial charge in [-0.15, -0.1) is 0 Å².